The quantitative estimate of drug-likeness (QED) is 0.472. The van der Waals surface area contributed by atoms with Gasteiger partial charge in [0.25, 0.3) is 5.91 Å². The molecule has 0 saturated carbocycles. The van der Waals surface area contributed by atoms with E-state index in [0.29, 0.717) is 5.56 Å². The van der Waals surface area contributed by atoms with E-state index < -0.39 is 0 Å². The Balaban J connectivity index is 0.000000567. The van der Waals surface area contributed by atoms with Crippen LogP contribution in [-0.2, 0) is 6.42 Å². The summed E-state index contributed by atoms with van der Waals surface area (Å²) in [4.78, 5) is 25.0. The molecule has 1 amide bonds. The Labute approximate surface area is 212 Å². The van der Waals surface area contributed by atoms with Gasteiger partial charge in [-0.05, 0) is 42.7 Å². The van der Waals surface area contributed by atoms with Crippen molar-refractivity contribution in [1.29, 1.82) is 0 Å². The zero-order valence-corrected chi connectivity index (χ0v) is 23.3. The summed E-state index contributed by atoms with van der Waals surface area (Å²) in [5.74, 6) is 0.898. The fourth-order valence-corrected chi connectivity index (χ4v) is 3.43. The third-order valence-corrected chi connectivity index (χ3v) is 5.14. The van der Waals surface area contributed by atoms with E-state index in [1.807, 2.05) is 92.0 Å². The van der Waals surface area contributed by atoms with Crippen LogP contribution in [0.5, 0.6) is 5.75 Å². The summed E-state index contributed by atoms with van der Waals surface area (Å²) in [5.41, 5.74) is 5.87. The van der Waals surface area contributed by atoms with Gasteiger partial charge in [0, 0.05) is 37.3 Å². The molecule has 192 valence electrons. The highest BCUT2D eigenvalue weighted by atomic mass is 16.5. The third-order valence-electron chi connectivity index (χ3n) is 5.14. The Kier molecular flexibility index (Phi) is 15.5. The van der Waals surface area contributed by atoms with E-state index in [0.717, 1.165) is 41.1 Å². The Morgan fingerprint density at radius 3 is 2.23 bits per heavy atom. The van der Waals surface area contributed by atoms with Gasteiger partial charge in [-0.25, -0.2) is 0 Å². The van der Waals surface area contributed by atoms with Crippen molar-refractivity contribution >= 4 is 11.7 Å². The van der Waals surface area contributed by atoms with Crippen LogP contribution >= 0.6 is 0 Å². The summed E-state index contributed by atoms with van der Waals surface area (Å²) >= 11 is 0. The summed E-state index contributed by atoms with van der Waals surface area (Å²) in [6.07, 6.45) is 4.92. The number of fused-ring (bicyclic) bond motifs is 2. The highest BCUT2D eigenvalue weighted by Gasteiger charge is 2.26. The molecule has 0 unspecified atom stereocenters. The maximum atomic E-state index is 12.3. The normalized spacial score (nSPS) is 12.7. The summed E-state index contributed by atoms with van der Waals surface area (Å²) in [6.45, 7) is 16.3. The molecular formula is C30H44N2O3. The molecule has 0 bridgehead atoms. The van der Waals surface area contributed by atoms with Crippen molar-refractivity contribution in [2.24, 2.45) is 0 Å². The molecule has 2 aromatic rings. The lowest BCUT2D eigenvalue weighted by molar-refractivity contribution is 0.0839. The number of aryl methyl sites for hydroxylation is 1. The number of dihydropyridines is 1. The van der Waals surface area contributed by atoms with Crippen LogP contribution in [0, 0.1) is 6.92 Å². The molecule has 4 rings (SSSR count). The predicted molar refractivity (Wildman–Crippen MR) is 148 cm³/mol. The molecule has 2 heterocycles. The van der Waals surface area contributed by atoms with Crippen LogP contribution in [0.3, 0.4) is 0 Å². The van der Waals surface area contributed by atoms with Gasteiger partial charge in [-0.15, -0.1) is 0 Å². The molecule has 0 saturated heterocycles. The average Bonchev–Trinajstić information content (AvgIpc) is 3.02. The molecule has 0 aliphatic carbocycles. The number of hydrogen-bond acceptors (Lipinski definition) is 4. The number of methoxy groups -OCH3 is 1. The number of ketones is 1. The van der Waals surface area contributed by atoms with Crippen molar-refractivity contribution in [3.8, 4) is 5.75 Å². The first-order valence-electron chi connectivity index (χ1n) is 12.6. The van der Waals surface area contributed by atoms with Crippen LogP contribution in [0.25, 0.3) is 0 Å². The maximum absolute atomic E-state index is 12.3. The second kappa shape index (κ2) is 17.1. The monoisotopic (exact) mass is 480 g/mol. The van der Waals surface area contributed by atoms with Crippen molar-refractivity contribution in [3.63, 3.8) is 0 Å². The minimum Gasteiger partial charge on any atom is -0.496 e. The molecule has 0 spiro atoms. The third kappa shape index (κ3) is 8.75. The number of ether oxygens (including phenoxy) is 1. The number of rotatable bonds is 2. The van der Waals surface area contributed by atoms with E-state index in [9.17, 15) is 9.59 Å². The summed E-state index contributed by atoms with van der Waals surface area (Å²) in [6, 6.07) is 13.3. The van der Waals surface area contributed by atoms with Crippen molar-refractivity contribution in [2.75, 3.05) is 20.7 Å². The van der Waals surface area contributed by atoms with Crippen LogP contribution in [-0.4, -0.2) is 37.3 Å². The summed E-state index contributed by atoms with van der Waals surface area (Å²) < 4.78 is 5.08. The van der Waals surface area contributed by atoms with Gasteiger partial charge in [0.15, 0.2) is 5.78 Å². The second-order valence-corrected chi connectivity index (χ2v) is 7.11. The van der Waals surface area contributed by atoms with Gasteiger partial charge in [0.1, 0.15) is 5.75 Å². The number of Topliss-reactive ketones (excluding diaryl/α,β-unsaturated/α-hetero) is 1. The summed E-state index contributed by atoms with van der Waals surface area (Å²) in [7, 11) is 3.43. The van der Waals surface area contributed by atoms with Crippen LogP contribution < -0.4 is 10.1 Å². The van der Waals surface area contributed by atoms with Gasteiger partial charge < -0.3 is 15.0 Å². The van der Waals surface area contributed by atoms with E-state index in [2.05, 4.69) is 11.4 Å². The molecule has 0 fully saturated rings. The van der Waals surface area contributed by atoms with Crippen molar-refractivity contribution in [2.45, 2.75) is 61.8 Å². The molecule has 2 aliphatic heterocycles. The minimum absolute atomic E-state index is 0.0632. The number of carbonyl (C=O) groups excluding carboxylic acids is 2. The lowest BCUT2D eigenvalue weighted by Gasteiger charge is -2.22. The SMILES string of the molecule is CC.CC.CC.CN1C(=O)c2ccccc2CC2=CCNC=C21.COc1cc(C(C)=O)ccc1C. The molecule has 1 N–H and O–H groups in total. The Bertz CT molecular complexity index is 1010. The number of nitrogens with one attached hydrogen (secondary N) is 1. The van der Waals surface area contributed by atoms with Crippen molar-refractivity contribution in [3.05, 3.63) is 88.3 Å². The molecule has 0 radical (unpaired) electrons. The Hall–Kier alpha value is -3.34. The molecule has 5 heteroatoms. The van der Waals surface area contributed by atoms with Gasteiger partial charge >= 0.3 is 0 Å². The van der Waals surface area contributed by atoms with Crippen LogP contribution in [0.2, 0.25) is 0 Å². The van der Waals surface area contributed by atoms with Gasteiger partial charge in [-0.3, -0.25) is 9.59 Å². The van der Waals surface area contributed by atoms with Crippen LogP contribution in [0.4, 0.5) is 0 Å². The Morgan fingerprint density at radius 1 is 1.00 bits per heavy atom. The number of hydrogen-bond donors (Lipinski definition) is 1. The highest BCUT2D eigenvalue weighted by Crippen LogP contribution is 2.28. The highest BCUT2D eigenvalue weighted by molar-refractivity contribution is 5.98. The van der Waals surface area contributed by atoms with E-state index in [-0.39, 0.29) is 11.7 Å². The number of nitrogens with zero attached hydrogens (tertiary/aromatic N) is 1. The number of benzene rings is 2. The summed E-state index contributed by atoms with van der Waals surface area (Å²) in [5, 5.41) is 3.16. The first-order chi connectivity index (χ1) is 16.9. The molecule has 0 aromatic heterocycles. The molecule has 5 nitrogen and oxygen atoms in total. The fraction of sp³-hybridized carbons (Fsp3) is 0.400. The minimum atomic E-state index is 0.0632. The maximum Gasteiger partial charge on any atom is 0.258 e. The second-order valence-electron chi connectivity index (χ2n) is 7.11. The van der Waals surface area contributed by atoms with E-state index in [4.69, 9.17) is 4.74 Å². The van der Waals surface area contributed by atoms with Crippen molar-refractivity contribution < 1.29 is 14.3 Å². The lowest BCUT2D eigenvalue weighted by atomic mass is 9.99. The van der Waals surface area contributed by atoms with Gasteiger partial charge in [-0.2, -0.15) is 0 Å². The predicted octanol–water partition coefficient (Wildman–Crippen LogP) is 6.97. The zero-order valence-electron chi connectivity index (χ0n) is 23.3. The van der Waals surface area contributed by atoms with E-state index >= 15 is 0 Å². The first kappa shape index (κ1) is 31.7. The molecule has 35 heavy (non-hydrogen) atoms. The smallest absolute Gasteiger partial charge is 0.258 e. The van der Waals surface area contributed by atoms with Gasteiger partial charge in [0.2, 0.25) is 0 Å². The number of amides is 1. The van der Waals surface area contributed by atoms with Crippen LogP contribution in [0.15, 0.2) is 66.0 Å². The van der Waals surface area contributed by atoms with Gasteiger partial charge in [-0.1, -0.05) is 78.0 Å². The van der Waals surface area contributed by atoms with Crippen LogP contribution in [0.1, 0.15) is 80.3 Å². The largest absolute Gasteiger partial charge is 0.496 e. The molecule has 2 aromatic carbocycles. The molecular weight excluding hydrogens is 436 g/mol. The standard InChI is InChI=1S/C14H14N2O.C10H12O2.3C2H6/c1-16-13-9-15-7-6-11(13)8-10-4-2-3-5-12(10)14(16)17;1-7-4-5-9(8(2)11)6-10(7)12-3;3*1-2/h2-6,9,15H,7-8H2,1H3;4-6H,1-3H3;3*1-2H3. The Morgan fingerprint density at radius 2 is 1.63 bits per heavy atom. The average molecular weight is 481 g/mol. The van der Waals surface area contributed by atoms with E-state index in [1.165, 1.54) is 5.57 Å². The van der Waals surface area contributed by atoms with Crippen molar-refractivity contribution in [1.82, 2.24) is 10.2 Å². The first-order valence-corrected chi connectivity index (χ1v) is 12.6. The molecule has 0 atom stereocenters. The number of carbonyl (C=O) groups is 2. The zero-order chi connectivity index (χ0) is 27.0. The fourth-order valence-electron chi connectivity index (χ4n) is 3.43. The topological polar surface area (TPSA) is 58.6 Å². The number of allylic oxidation sites excluding steroid dienone is 1. The lowest BCUT2D eigenvalue weighted by Crippen LogP contribution is -2.28. The molecule has 2 aliphatic rings. The van der Waals surface area contributed by atoms with E-state index in [1.54, 1.807) is 31.1 Å². The number of likely N-dealkylation sites (N-methyl/N-ethyl adjacent to an activating group) is 1. The van der Waals surface area contributed by atoms with Gasteiger partial charge in [0.05, 0.1) is 12.8 Å².